The minimum atomic E-state index is -0.734. The van der Waals surface area contributed by atoms with Gasteiger partial charge in [-0.3, -0.25) is 4.79 Å². The van der Waals surface area contributed by atoms with Gasteiger partial charge in [0.25, 0.3) is 0 Å². The standard InChI is InChI=1S/C6H10O3S/c7-6(8)4-1-2-9-5(10)3-4/h4-5,10H,1-3H2,(H,7,8). The molecule has 0 aliphatic carbocycles. The number of carboxylic acids is 1. The van der Waals surface area contributed by atoms with Gasteiger partial charge in [-0.05, 0) is 12.8 Å². The molecule has 3 nitrogen and oxygen atoms in total. The Morgan fingerprint density at radius 3 is 2.80 bits per heavy atom. The summed E-state index contributed by atoms with van der Waals surface area (Å²) in [7, 11) is 0. The Labute approximate surface area is 64.8 Å². The number of aliphatic carboxylic acids is 1. The summed E-state index contributed by atoms with van der Waals surface area (Å²) < 4.78 is 5.06. The monoisotopic (exact) mass is 162 g/mol. The minimum Gasteiger partial charge on any atom is -0.481 e. The Bertz CT molecular complexity index is 137. The maximum Gasteiger partial charge on any atom is 0.306 e. The summed E-state index contributed by atoms with van der Waals surface area (Å²) in [5.41, 5.74) is -0.185. The molecule has 4 heteroatoms. The lowest BCUT2D eigenvalue weighted by atomic mass is 10.0. The summed E-state index contributed by atoms with van der Waals surface area (Å²) in [4.78, 5) is 10.4. The summed E-state index contributed by atoms with van der Waals surface area (Å²) in [6, 6.07) is 0. The van der Waals surface area contributed by atoms with E-state index in [4.69, 9.17) is 9.84 Å². The Hall–Kier alpha value is -0.220. The van der Waals surface area contributed by atoms with Crippen LogP contribution in [0.2, 0.25) is 0 Å². The lowest BCUT2D eigenvalue weighted by Crippen LogP contribution is -2.26. The zero-order valence-electron chi connectivity index (χ0n) is 5.49. The SMILES string of the molecule is O=C(O)C1CCOC(S)C1. The van der Waals surface area contributed by atoms with Gasteiger partial charge in [0.1, 0.15) is 5.44 Å². The quantitative estimate of drug-likeness (QED) is 0.559. The molecule has 1 heterocycles. The first-order chi connectivity index (χ1) is 4.70. The van der Waals surface area contributed by atoms with E-state index >= 15 is 0 Å². The smallest absolute Gasteiger partial charge is 0.306 e. The van der Waals surface area contributed by atoms with Gasteiger partial charge in [0, 0.05) is 6.61 Å². The van der Waals surface area contributed by atoms with Crippen molar-refractivity contribution in [2.75, 3.05) is 6.61 Å². The van der Waals surface area contributed by atoms with Crippen molar-refractivity contribution >= 4 is 18.6 Å². The van der Waals surface area contributed by atoms with Gasteiger partial charge in [0.2, 0.25) is 0 Å². The molecule has 1 N–H and O–H groups in total. The van der Waals surface area contributed by atoms with Crippen LogP contribution < -0.4 is 0 Å². The molecule has 1 fully saturated rings. The van der Waals surface area contributed by atoms with E-state index in [-0.39, 0.29) is 11.4 Å². The van der Waals surface area contributed by atoms with Crippen molar-refractivity contribution in [3.8, 4) is 0 Å². The van der Waals surface area contributed by atoms with E-state index in [1.54, 1.807) is 0 Å². The molecule has 2 atom stereocenters. The van der Waals surface area contributed by atoms with Crippen LogP contribution in [0.3, 0.4) is 0 Å². The lowest BCUT2D eigenvalue weighted by Gasteiger charge is -2.23. The van der Waals surface area contributed by atoms with Crippen molar-refractivity contribution in [1.29, 1.82) is 0 Å². The highest BCUT2D eigenvalue weighted by molar-refractivity contribution is 7.80. The maximum atomic E-state index is 10.4. The number of carboxylic acid groups (broad SMARTS) is 1. The van der Waals surface area contributed by atoms with Crippen molar-refractivity contribution in [1.82, 2.24) is 0 Å². The molecule has 0 bridgehead atoms. The normalized spacial score (nSPS) is 33.7. The molecule has 1 aliphatic heterocycles. The number of hydrogen-bond donors (Lipinski definition) is 2. The molecular formula is C6H10O3S. The van der Waals surface area contributed by atoms with E-state index in [1.807, 2.05) is 0 Å². The predicted molar refractivity (Wildman–Crippen MR) is 39.1 cm³/mol. The lowest BCUT2D eigenvalue weighted by molar-refractivity contribution is -0.145. The molecule has 0 aromatic carbocycles. The van der Waals surface area contributed by atoms with Crippen LogP contribution in [-0.4, -0.2) is 23.1 Å². The zero-order chi connectivity index (χ0) is 7.56. The van der Waals surface area contributed by atoms with Gasteiger partial charge < -0.3 is 9.84 Å². The van der Waals surface area contributed by atoms with Crippen molar-refractivity contribution in [2.24, 2.45) is 5.92 Å². The third kappa shape index (κ3) is 1.88. The summed E-state index contributed by atoms with van der Waals surface area (Å²) in [6.45, 7) is 0.519. The van der Waals surface area contributed by atoms with Crippen molar-refractivity contribution in [2.45, 2.75) is 18.3 Å². The van der Waals surface area contributed by atoms with Gasteiger partial charge in [0.15, 0.2) is 0 Å². The maximum absolute atomic E-state index is 10.4. The second-order valence-corrected chi connectivity index (χ2v) is 2.96. The highest BCUT2D eigenvalue weighted by atomic mass is 32.1. The first kappa shape index (κ1) is 7.88. The van der Waals surface area contributed by atoms with Gasteiger partial charge in [-0.2, -0.15) is 0 Å². The minimum absolute atomic E-state index is 0.185. The molecule has 1 rings (SSSR count). The summed E-state index contributed by atoms with van der Waals surface area (Å²) in [5, 5.41) is 8.57. The molecule has 0 radical (unpaired) electrons. The first-order valence-corrected chi connectivity index (χ1v) is 3.74. The number of hydrogen-bond acceptors (Lipinski definition) is 3. The van der Waals surface area contributed by atoms with Crippen LogP contribution in [0.5, 0.6) is 0 Å². The average Bonchev–Trinajstić information content (AvgIpc) is 1.88. The number of carbonyl (C=O) groups is 1. The highest BCUT2D eigenvalue weighted by Crippen LogP contribution is 2.21. The van der Waals surface area contributed by atoms with E-state index in [0.29, 0.717) is 19.4 Å². The Balaban J connectivity index is 2.39. The number of ether oxygens (including phenoxy) is 1. The fraction of sp³-hybridized carbons (Fsp3) is 0.833. The predicted octanol–water partition coefficient (Wildman–Crippen LogP) is 0.754. The molecule has 0 spiro atoms. The van der Waals surface area contributed by atoms with E-state index in [9.17, 15) is 4.79 Å². The molecule has 10 heavy (non-hydrogen) atoms. The van der Waals surface area contributed by atoms with E-state index in [1.165, 1.54) is 0 Å². The third-order valence-corrected chi connectivity index (χ3v) is 1.97. The average molecular weight is 162 g/mol. The Kier molecular flexibility index (Phi) is 2.56. The van der Waals surface area contributed by atoms with Crippen LogP contribution in [0, 0.1) is 5.92 Å². The number of thiol groups is 1. The van der Waals surface area contributed by atoms with Crippen LogP contribution in [-0.2, 0) is 9.53 Å². The van der Waals surface area contributed by atoms with Crippen LogP contribution in [0.25, 0.3) is 0 Å². The first-order valence-electron chi connectivity index (χ1n) is 3.22. The molecule has 1 saturated heterocycles. The fourth-order valence-corrected chi connectivity index (χ4v) is 1.36. The van der Waals surface area contributed by atoms with E-state index in [0.717, 1.165) is 0 Å². The molecule has 58 valence electrons. The zero-order valence-corrected chi connectivity index (χ0v) is 6.38. The van der Waals surface area contributed by atoms with Crippen LogP contribution in [0.15, 0.2) is 0 Å². The van der Waals surface area contributed by atoms with Crippen LogP contribution in [0.4, 0.5) is 0 Å². The largest absolute Gasteiger partial charge is 0.481 e. The van der Waals surface area contributed by atoms with Gasteiger partial charge >= 0.3 is 5.97 Å². The van der Waals surface area contributed by atoms with Gasteiger partial charge in [-0.1, -0.05) is 0 Å². The van der Waals surface area contributed by atoms with Crippen molar-refractivity contribution in [3.63, 3.8) is 0 Å². The molecule has 0 saturated carbocycles. The van der Waals surface area contributed by atoms with Gasteiger partial charge in [-0.15, -0.1) is 12.6 Å². The summed E-state index contributed by atoms with van der Waals surface area (Å²) in [6.07, 6.45) is 1.14. The molecular weight excluding hydrogens is 152 g/mol. The summed E-state index contributed by atoms with van der Waals surface area (Å²) >= 11 is 4.03. The fourth-order valence-electron chi connectivity index (χ4n) is 1.000. The van der Waals surface area contributed by atoms with Gasteiger partial charge in [0.05, 0.1) is 5.92 Å². The molecule has 0 amide bonds. The second-order valence-electron chi connectivity index (χ2n) is 2.38. The van der Waals surface area contributed by atoms with Crippen LogP contribution >= 0.6 is 12.6 Å². The van der Waals surface area contributed by atoms with E-state index in [2.05, 4.69) is 12.6 Å². The topological polar surface area (TPSA) is 46.5 Å². The Morgan fingerprint density at radius 2 is 2.40 bits per heavy atom. The molecule has 1 aliphatic rings. The highest BCUT2D eigenvalue weighted by Gasteiger charge is 2.25. The van der Waals surface area contributed by atoms with Crippen molar-refractivity contribution < 1.29 is 14.6 Å². The van der Waals surface area contributed by atoms with Gasteiger partial charge in [-0.25, -0.2) is 0 Å². The molecule has 0 aromatic rings. The number of rotatable bonds is 1. The van der Waals surface area contributed by atoms with E-state index < -0.39 is 5.97 Å². The molecule has 2 unspecified atom stereocenters. The summed E-state index contributed by atoms with van der Waals surface area (Å²) in [5.74, 6) is -0.987. The van der Waals surface area contributed by atoms with Crippen LogP contribution in [0.1, 0.15) is 12.8 Å². The Morgan fingerprint density at radius 1 is 1.70 bits per heavy atom. The van der Waals surface area contributed by atoms with Crippen molar-refractivity contribution in [3.05, 3.63) is 0 Å². The third-order valence-electron chi connectivity index (χ3n) is 1.61. The second kappa shape index (κ2) is 3.25. The molecule has 0 aromatic heterocycles.